The normalized spacial score (nSPS) is 11.2. The maximum absolute atomic E-state index is 11.9. The molecule has 0 bridgehead atoms. The minimum absolute atomic E-state index is 0.0233. The largest absolute Gasteiger partial charge is 0.496 e. The third kappa shape index (κ3) is 5.09. The van der Waals surface area contributed by atoms with Crippen molar-refractivity contribution in [2.45, 2.75) is 5.22 Å². The first kappa shape index (κ1) is 23.3. The van der Waals surface area contributed by atoms with Gasteiger partial charge in [-0.3, -0.25) is 0 Å². The van der Waals surface area contributed by atoms with Gasteiger partial charge in [-0.2, -0.15) is 0 Å². The third-order valence-corrected chi connectivity index (χ3v) is 5.32. The Kier molecular flexibility index (Phi) is 7.49. The zero-order valence-electron chi connectivity index (χ0n) is 17.5. The number of hydrogen-bond donors (Lipinski definition) is 1. The van der Waals surface area contributed by atoms with Crippen LogP contribution in [0.4, 0.5) is 0 Å². The number of hydrogen-bond acceptors (Lipinski definition) is 9. The molecule has 0 radical (unpaired) electrons. The van der Waals surface area contributed by atoms with E-state index in [0.717, 1.165) is 11.8 Å². The van der Waals surface area contributed by atoms with E-state index in [-0.39, 0.29) is 16.0 Å². The maximum Gasteiger partial charge on any atom is 0.342 e. The summed E-state index contributed by atoms with van der Waals surface area (Å²) in [5, 5.41) is 18.1. The van der Waals surface area contributed by atoms with Crippen molar-refractivity contribution in [1.82, 2.24) is 10.2 Å². The van der Waals surface area contributed by atoms with Crippen molar-refractivity contribution in [1.29, 1.82) is 0 Å². The van der Waals surface area contributed by atoms with Gasteiger partial charge >= 0.3 is 5.97 Å². The molecule has 0 saturated heterocycles. The van der Waals surface area contributed by atoms with E-state index in [0.29, 0.717) is 39.1 Å². The molecular formula is C21H19ClN2O7S. The zero-order valence-corrected chi connectivity index (χ0v) is 19.1. The molecule has 0 amide bonds. The van der Waals surface area contributed by atoms with Gasteiger partial charge in [-0.05, 0) is 42.1 Å². The highest BCUT2D eigenvalue weighted by molar-refractivity contribution is 8.03. The molecule has 3 rings (SSSR count). The number of benzene rings is 2. The fourth-order valence-electron chi connectivity index (χ4n) is 2.74. The lowest BCUT2D eigenvalue weighted by Gasteiger charge is -2.12. The van der Waals surface area contributed by atoms with Crippen LogP contribution in [-0.2, 0) is 4.79 Å². The number of rotatable bonds is 9. The summed E-state index contributed by atoms with van der Waals surface area (Å²) >= 11 is 6.84. The Labute approximate surface area is 192 Å². The Bertz CT molecular complexity index is 1160. The second-order valence-corrected chi connectivity index (χ2v) is 7.51. The van der Waals surface area contributed by atoms with Crippen LogP contribution in [0.15, 0.2) is 44.9 Å². The van der Waals surface area contributed by atoms with Crippen LogP contribution in [-0.4, -0.2) is 49.7 Å². The molecule has 0 fully saturated rings. The first-order chi connectivity index (χ1) is 15.4. The number of carbonyl (C=O) groups is 1. The summed E-state index contributed by atoms with van der Waals surface area (Å²) in [6, 6.07) is 8.16. The Balaban J connectivity index is 1.97. The standard InChI is InChI=1S/C21H19ClN2O7S/c1-27-14-6-5-12(22)9-13(14)19-23-24-21(31-19)32-18(20(25)26)8-11-7-16(29-3)17(30-4)10-15(11)28-2/h5-10H,1-4H3,(H,25,26)/b18-8-. The quantitative estimate of drug-likeness (QED) is 0.344. The van der Waals surface area contributed by atoms with Gasteiger partial charge in [-0.1, -0.05) is 11.6 Å². The van der Waals surface area contributed by atoms with Gasteiger partial charge in [0.15, 0.2) is 11.5 Å². The van der Waals surface area contributed by atoms with Crippen molar-refractivity contribution < 1.29 is 33.3 Å². The molecule has 1 heterocycles. The molecule has 0 saturated carbocycles. The van der Waals surface area contributed by atoms with Gasteiger partial charge in [0.1, 0.15) is 16.4 Å². The fraction of sp³-hybridized carbons (Fsp3) is 0.190. The summed E-state index contributed by atoms with van der Waals surface area (Å²) in [6.45, 7) is 0. The van der Waals surface area contributed by atoms with Gasteiger partial charge in [-0.25, -0.2) is 4.79 Å². The number of carboxylic acids is 1. The van der Waals surface area contributed by atoms with Gasteiger partial charge in [0, 0.05) is 16.7 Å². The molecule has 32 heavy (non-hydrogen) atoms. The molecule has 9 nitrogen and oxygen atoms in total. The van der Waals surface area contributed by atoms with Gasteiger partial charge in [0.25, 0.3) is 11.1 Å². The van der Waals surface area contributed by atoms with Crippen molar-refractivity contribution in [2.75, 3.05) is 28.4 Å². The molecule has 2 aromatic carbocycles. The van der Waals surface area contributed by atoms with Crippen LogP contribution in [0, 0.1) is 0 Å². The number of halogens is 1. The molecule has 0 unspecified atom stereocenters. The van der Waals surface area contributed by atoms with Crippen LogP contribution >= 0.6 is 23.4 Å². The third-order valence-electron chi connectivity index (χ3n) is 4.23. The molecule has 168 valence electrons. The fourth-order valence-corrected chi connectivity index (χ4v) is 3.58. The molecular weight excluding hydrogens is 460 g/mol. The molecule has 0 aliphatic rings. The van der Waals surface area contributed by atoms with Crippen molar-refractivity contribution in [3.05, 3.63) is 45.8 Å². The number of methoxy groups -OCH3 is 4. The molecule has 0 aliphatic carbocycles. The Morgan fingerprint density at radius 2 is 1.62 bits per heavy atom. The summed E-state index contributed by atoms with van der Waals surface area (Å²) in [4.78, 5) is 11.8. The van der Waals surface area contributed by atoms with E-state index in [1.807, 2.05) is 0 Å². The Hall–Kier alpha value is -3.37. The Morgan fingerprint density at radius 1 is 0.969 bits per heavy atom. The highest BCUT2D eigenvalue weighted by Crippen LogP contribution is 2.38. The van der Waals surface area contributed by atoms with Crippen molar-refractivity contribution >= 4 is 35.4 Å². The number of carboxylic acid groups (broad SMARTS) is 1. The van der Waals surface area contributed by atoms with Crippen LogP contribution in [0.3, 0.4) is 0 Å². The highest BCUT2D eigenvalue weighted by atomic mass is 35.5. The number of thioether (sulfide) groups is 1. The minimum Gasteiger partial charge on any atom is -0.496 e. The first-order valence-electron chi connectivity index (χ1n) is 9.00. The van der Waals surface area contributed by atoms with E-state index in [1.165, 1.54) is 34.5 Å². The lowest BCUT2D eigenvalue weighted by molar-refractivity contribution is -0.131. The lowest BCUT2D eigenvalue weighted by atomic mass is 10.1. The first-order valence-corrected chi connectivity index (χ1v) is 10.2. The van der Waals surface area contributed by atoms with E-state index >= 15 is 0 Å². The molecule has 3 aromatic rings. The average molecular weight is 479 g/mol. The van der Waals surface area contributed by atoms with Gasteiger partial charge in [0.05, 0.1) is 34.0 Å². The molecule has 0 spiro atoms. The predicted molar refractivity (Wildman–Crippen MR) is 119 cm³/mol. The van der Waals surface area contributed by atoms with Crippen LogP contribution < -0.4 is 18.9 Å². The van der Waals surface area contributed by atoms with E-state index in [2.05, 4.69) is 10.2 Å². The predicted octanol–water partition coefficient (Wildman–Crippen LogP) is 4.64. The monoisotopic (exact) mass is 478 g/mol. The van der Waals surface area contributed by atoms with Gasteiger partial charge < -0.3 is 28.5 Å². The van der Waals surface area contributed by atoms with Crippen molar-refractivity contribution in [2.24, 2.45) is 0 Å². The summed E-state index contributed by atoms with van der Waals surface area (Å²) in [5.74, 6) is 0.702. The van der Waals surface area contributed by atoms with E-state index in [4.69, 9.17) is 35.0 Å². The SMILES string of the molecule is COc1cc(OC)c(OC)cc1/C=C(\Sc1nnc(-c2cc(Cl)ccc2OC)o1)C(=O)O. The summed E-state index contributed by atoms with van der Waals surface area (Å²) in [5.41, 5.74) is 0.952. The van der Waals surface area contributed by atoms with Crippen molar-refractivity contribution in [3.63, 3.8) is 0 Å². The number of aromatic nitrogens is 2. The van der Waals surface area contributed by atoms with Gasteiger partial charge in [-0.15, -0.1) is 10.2 Å². The topological polar surface area (TPSA) is 113 Å². The van der Waals surface area contributed by atoms with E-state index in [9.17, 15) is 9.90 Å². The van der Waals surface area contributed by atoms with Crippen LogP contribution in [0.1, 0.15) is 5.56 Å². The second kappa shape index (κ2) is 10.3. The maximum atomic E-state index is 11.9. The summed E-state index contributed by atoms with van der Waals surface area (Å²) in [7, 11) is 5.94. The van der Waals surface area contributed by atoms with E-state index in [1.54, 1.807) is 30.3 Å². The molecule has 11 heteroatoms. The van der Waals surface area contributed by atoms with Gasteiger partial charge in [0.2, 0.25) is 0 Å². The lowest BCUT2D eigenvalue weighted by Crippen LogP contribution is -1.99. The number of ether oxygens (including phenoxy) is 4. The average Bonchev–Trinajstić information content (AvgIpc) is 3.26. The molecule has 0 aliphatic heterocycles. The van der Waals surface area contributed by atoms with Crippen LogP contribution in [0.5, 0.6) is 23.0 Å². The molecule has 1 N–H and O–H groups in total. The number of aliphatic carboxylic acids is 1. The molecule has 1 aromatic heterocycles. The summed E-state index contributed by atoms with van der Waals surface area (Å²) < 4.78 is 26.8. The minimum atomic E-state index is -1.19. The highest BCUT2D eigenvalue weighted by Gasteiger charge is 2.20. The van der Waals surface area contributed by atoms with Crippen molar-refractivity contribution in [3.8, 4) is 34.5 Å². The Morgan fingerprint density at radius 3 is 2.25 bits per heavy atom. The van der Waals surface area contributed by atoms with Crippen LogP contribution in [0.2, 0.25) is 5.02 Å². The smallest absolute Gasteiger partial charge is 0.342 e. The number of nitrogens with zero attached hydrogens (tertiary/aromatic N) is 2. The van der Waals surface area contributed by atoms with E-state index < -0.39 is 5.97 Å². The van der Waals surface area contributed by atoms with Crippen LogP contribution in [0.25, 0.3) is 17.5 Å². The molecule has 0 atom stereocenters. The zero-order chi connectivity index (χ0) is 23.3. The summed E-state index contributed by atoms with van der Waals surface area (Å²) in [6.07, 6.45) is 1.41. The second-order valence-electron chi connectivity index (χ2n) is 6.08.